The molecule has 3 nitrogen and oxygen atoms in total. The zero-order valence-electron chi connectivity index (χ0n) is 7.17. The van der Waals surface area contributed by atoms with Gasteiger partial charge in [-0.2, -0.15) is 0 Å². The summed E-state index contributed by atoms with van der Waals surface area (Å²) in [4.78, 5) is 10.9. The SMILES string of the molecule is CCOC(=O)CNc1ccc(Cl)s1. The van der Waals surface area contributed by atoms with Gasteiger partial charge < -0.3 is 10.1 Å². The zero-order valence-corrected chi connectivity index (χ0v) is 8.74. The highest BCUT2D eigenvalue weighted by Gasteiger charge is 2.02. The van der Waals surface area contributed by atoms with Crippen molar-refractivity contribution in [3.63, 3.8) is 0 Å². The number of thiophene rings is 1. The van der Waals surface area contributed by atoms with Crippen LogP contribution in [0.2, 0.25) is 4.34 Å². The Bertz CT molecular complexity index is 287. The van der Waals surface area contributed by atoms with Gasteiger partial charge in [0, 0.05) is 0 Å². The molecule has 1 rings (SSSR count). The van der Waals surface area contributed by atoms with Crippen molar-refractivity contribution >= 4 is 33.9 Å². The van der Waals surface area contributed by atoms with Gasteiger partial charge in [0.2, 0.25) is 0 Å². The van der Waals surface area contributed by atoms with Crippen molar-refractivity contribution in [3.05, 3.63) is 16.5 Å². The normalized spacial score (nSPS) is 9.69. The number of ether oxygens (including phenoxy) is 1. The number of anilines is 1. The Kier molecular flexibility index (Phi) is 4.05. The largest absolute Gasteiger partial charge is 0.465 e. The van der Waals surface area contributed by atoms with Crippen LogP contribution in [0.1, 0.15) is 6.92 Å². The number of rotatable bonds is 4. The first-order valence-electron chi connectivity index (χ1n) is 3.87. The Labute approximate surface area is 85.7 Å². The molecule has 0 fully saturated rings. The molecule has 0 aliphatic carbocycles. The quantitative estimate of drug-likeness (QED) is 0.791. The topological polar surface area (TPSA) is 38.3 Å². The third kappa shape index (κ3) is 3.65. The van der Waals surface area contributed by atoms with E-state index in [4.69, 9.17) is 16.3 Å². The number of halogens is 1. The van der Waals surface area contributed by atoms with Crippen molar-refractivity contribution in [3.8, 4) is 0 Å². The number of hydrogen-bond acceptors (Lipinski definition) is 4. The standard InChI is InChI=1S/C8H10ClNO2S/c1-2-12-8(11)5-10-7-4-3-6(9)13-7/h3-4,10H,2,5H2,1H3. The van der Waals surface area contributed by atoms with Crippen LogP contribution in [0.25, 0.3) is 0 Å². The summed E-state index contributed by atoms with van der Waals surface area (Å²) in [7, 11) is 0. The fourth-order valence-electron chi connectivity index (χ4n) is 0.781. The molecule has 0 aromatic carbocycles. The zero-order chi connectivity index (χ0) is 9.68. The molecule has 0 unspecified atom stereocenters. The van der Waals surface area contributed by atoms with Crippen LogP contribution < -0.4 is 5.32 Å². The van der Waals surface area contributed by atoms with E-state index in [2.05, 4.69) is 5.32 Å². The molecule has 0 atom stereocenters. The molecular weight excluding hydrogens is 210 g/mol. The van der Waals surface area contributed by atoms with Gasteiger partial charge in [0.25, 0.3) is 0 Å². The van der Waals surface area contributed by atoms with Crippen LogP contribution in [0.4, 0.5) is 5.00 Å². The summed E-state index contributed by atoms with van der Waals surface area (Å²) in [5.74, 6) is -0.257. The van der Waals surface area contributed by atoms with E-state index in [0.717, 1.165) is 5.00 Å². The Morgan fingerprint density at radius 2 is 2.46 bits per heavy atom. The molecule has 0 aliphatic rings. The van der Waals surface area contributed by atoms with Gasteiger partial charge in [-0.25, -0.2) is 0 Å². The lowest BCUT2D eigenvalue weighted by Gasteiger charge is -2.02. The molecule has 72 valence electrons. The van der Waals surface area contributed by atoms with Gasteiger partial charge in [0.1, 0.15) is 6.54 Å². The fourth-order valence-corrected chi connectivity index (χ4v) is 1.72. The van der Waals surface area contributed by atoms with Gasteiger partial charge in [0.15, 0.2) is 0 Å². The lowest BCUT2D eigenvalue weighted by molar-refractivity contribution is -0.140. The molecule has 1 aromatic rings. The van der Waals surface area contributed by atoms with Crippen LogP contribution in [0.3, 0.4) is 0 Å². The van der Waals surface area contributed by atoms with Crippen LogP contribution >= 0.6 is 22.9 Å². The summed E-state index contributed by atoms with van der Waals surface area (Å²) in [6.07, 6.45) is 0. The van der Waals surface area contributed by atoms with Gasteiger partial charge in [-0.15, -0.1) is 11.3 Å². The summed E-state index contributed by atoms with van der Waals surface area (Å²) in [6, 6.07) is 3.60. The average Bonchev–Trinajstić information content (AvgIpc) is 2.49. The first-order chi connectivity index (χ1) is 6.22. The van der Waals surface area contributed by atoms with Crippen LogP contribution in [0.5, 0.6) is 0 Å². The van der Waals surface area contributed by atoms with Crippen LogP contribution in [0, 0.1) is 0 Å². The monoisotopic (exact) mass is 219 g/mol. The number of hydrogen-bond donors (Lipinski definition) is 1. The molecule has 1 N–H and O–H groups in total. The summed E-state index contributed by atoms with van der Waals surface area (Å²) < 4.78 is 5.44. The number of carbonyl (C=O) groups excluding carboxylic acids is 1. The summed E-state index contributed by atoms with van der Waals surface area (Å²) >= 11 is 7.09. The molecule has 0 saturated carbocycles. The third-order valence-corrected chi connectivity index (χ3v) is 2.47. The molecule has 0 amide bonds. The van der Waals surface area contributed by atoms with Crippen LogP contribution in [0.15, 0.2) is 12.1 Å². The van der Waals surface area contributed by atoms with Crippen LogP contribution in [-0.4, -0.2) is 19.1 Å². The first-order valence-corrected chi connectivity index (χ1v) is 5.06. The van der Waals surface area contributed by atoms with Crippen molar-refractivity contribution in [2.24, 2.45) is 0 Å². The lowest BCUT2D eigenvalue weighted by atomic mass is 10.6. The maximum absolute atomic E-state index is 10.9. The molecule has 0 spiro atoms. The minimum absolute atomic E-state index is 0.185. The Balaban J connectivity index is 2.30. The van der Waals surface area contributed by atoms with E-state index in [1.165, 1.54) is 11.3 Å². The maximum atomic E-state index is 10.9. The predicted octanol–water partition coefficient (Wildman–Crippen LogP) is 2.38. The van der Waals surface area contributed by atoms with Gasteiger partial charge in [-0.3, -0.25) is 4.79 Å². The van der Waals surface area contributed by atoms with Crippen molar-refractivity contribution < 1.29 is 9.53 Å². The lowest BCUT2D eigenvalue weighted by Crippen LogP contribution is -2.15. The van der Waals surface area contributed by atoms with E-state index in [0.29, 0.717) is 10.9 Å². The number of nitrogens with one attached hydrogen (secondary N) is 1. The second-order valence-electron chi connectivity index (χ2n) is 2.26. The van der Waals surface area contributed by atoms with Gasteiger partial charge in [-0.1, -0.05) is 11.6 Å². The minimum Gasteiger partial charge on any atom is -0.465 e. The number of esters is 1. The molecule has 1 heterocycles. The summed E-state index contributed by atoms with van der Waals surface area (Å²) in [5.41, 5.74) is 0. The Hall–Kier alpha value is -0.740. The van der Waals surface area contributed by atoms with Crippen molar-refractivity contribution in [2.45, 2.75) is 6.92 Å². The van der Waals surface area contributed by atoms with Crippen LogP contribution in [-0.2, 0) is 9.53 Å². The Morgan fingerprint density at radius 3 is 3.00 bits per heavy atom. The van der Waals surface area contributed by atoms with E-state index in [9.17, 15) is 4.79 Å². The van der Waals surface area contributed by atoms with Crippen molar-refractivity contribution in [1.82, 2.24) is 0 Å². The molecule has 5 heteroatoms. The molecular formula is C8H10ClNO2S. The fraction of sp³-hybridized carbons (Fsp3) is 0.375. The van der Waals surface area contributed by atoms with E-state index in [-0.39, 0.29) is 12.5 Å². The molecule has 0 bridgehead atoms. The highest BCUT2D eigenvalue weighted by molar-refractivity contribution is 7.19. The highest BCUT2D eigenvalue weighted by Crippen LogP contribution is 2.25. The molecule has 1 aromatic heterocycles. The molecule has 0 aliphatic heterocycles. The second kappa shape index (κ2) is 5.09. The third-order valence-electron chi connectivity index (χ3n) is 1.29. The summed E-state index contributed by atoms with van der Waals surface area (Å²) in [6.45, 7) is 2.37. The molecule has 13 heavy (non-hydrogen) atoms. The maximum Gasteiger partial charge on any atom is 0.325 e. The van der Waals surface area contributed by atoms with Crippen molar-refractivity contribution in [1.29, 1.82) is 0 Å². The molecule has 0 saturated heterocycles. The summed E-state index contributed by atoms with van der Waals surface area (Å²) in [5, 5.41) is 3.78. The van der Waals surface area contributed by atoms with Crippen molar-refractivity contribution in [2.75, 3.05) is 18.5 Å². The Morgan fingerprint density at radius 1 is 1.69 bits per heavy atom. The average molecular weight is 220 g/mol. The van der Waals surface area contributed by atoms with E-state index in [1.807, 2.05) is 6.07 Å². The van der Waals surface area contributed by atoms with E-state index >= 15 is 0 Å². The van der Waals surface area contributed by atoms with Gasteiger partial charge in [-0.05, 0) is 19.1 Å². The highest BCUT2D eigenvalue weighted by atomic mass is 35.5. The van der Waals surface area contributed by atoms with E-state index in [1.54, 1.807) is 13.0 Å². The van der Waals surface area contributed by atoms with E-state index < -0.39 is 0 Å². The molecule has 0 radical (unpaired) electrons. The second-order valence-corrected chi connectivity index (χ2v) is 3.98. The number of carbonyl (C=O) groups is 1. The van der Waals surface area contributed by atoms with Gasteiger partial charge in [0.05, 0.1) is 15.9 Å². The first kappa shape index (κ1) is 10.3. The predicted molar refractivity (Wildman–Crippen MR) is 54.5 cm³/mol. The smallest absolute Gasteiger partial charge is 0.325 e. The minimum atomic E-state index is -0.257. The van der Waals surface area contributed by atoms with Gasteiger partial charge >= 0.3 is 5.97 Å².